The Bertz CT molecular complexity index is 409. The van der Waals surface area contributed by atoms with E-state index in [4.69, 9.17) is 5.73 Å². The van der Waals surface area contributed by atoms with Crippen molar-refractivity contribution in [3.8, 4) is 0 Å². The van der Waals surface area contributed by atoms with Gasteiger partial charge in [0.15, 0.2) is 0 Å². The van der Waals surface area contributed by atoms with Crippen LogP contribution in [0.1, 0.15) is 56.7 Å². The van der Waals surface area contributed by atoms with Crippen LogP contribution >= 0.6 is 11.3 Å². The summed E-state index contributed by atoms with van der Waals surface area (Å²) < 4.78 is 0. The highest BCUT2D eigenvalue weighted by atomic mass is 32.1. The molecule has 2 N–H and O–H groups in total. The van der Waals surface area contributed by atoms with Gasteiger partial charge in [0.2, 0.25) is 0 Å². The Labute approximate surface area is 122 Å². The molecule has 1 aromatic rings. The zero-order valence-corrected chi connectivity index (χ0v) is 13.7. The Hall–Kier alpha value is -0.340. The van der Waals surface area contributed by atoms with E-state index in [1.165, 1.54) is 29.0 Å². The van der Waals surface area contributed by atoms with Crippen molar-refractivity contribution in [2.75, 3.05) is 0 Å². The smallest absolute Gasteiger partial charge is 0.0236 e. The highest BCUT2D eigenvalue weighted by Crippen LogP contribution is 2.42. The lowest BCUT2D eigenvalue weighted by Gasteiger charge is -2.46. The maximum Gasteiger partial charge on any atom is 0.0236 e. The second-order valence-corrected chi connectivity index (χ2v) is 8.12. The third kappa shape index (κ3) is 3.41. The molecule has 2 rings (SSSR count). The molecule has 1 aromatic heterocycles. The molecule has 0 bridgehead atoms. The first-order chi connectivity index (χ1) is 8.94. The first-order valence-corrected chi connectivity index (χ1v) is 8.62. The molecule has 0 saturated heterocycles. The summed E-state index contributed by atoms with van der Waals surface area (Å²) >= 11 is 1.96. The number of nitrogens with two attached hydrogens (primary N) is 1. The number of thiophene rings is 1. The van der Waals surface area contributed by atoms with Gasteiger partial charge in [0.1, 0.15) is 0 Å². The molecule has 2 heteroatoms. The van der Waals surface area contributed by atoms with Crippen LogP contribution in [-0.2, 0) is 12.8 Å². The van der Waals surface area contributed by atoms with E-state index in [1.54, 1.807) is 0 Å². The van der Waals surface area contributed by atoms with E-state index < -0.39 is 0 Å². The summed E-state index contributed by atoms with van der Waals surface area (Å²) in [6, 6.07) is 4.58. The summed E-state index contributed by atoms with van der Waals surface area (Å²) in [5.41, 5.74) is 6.90. The Kier molecular flexibility index (Phi) is 4.73. The first-order valence-electron chi connectivity index (χ1n) is 7.81. The minimum atomic E-state index is 0.0156. The number of hydrogen-bond acceptors (Lipinski definition) is 2. The van der Waals surface area contributed by atoms with Crippen molar-refractivity contribution >= 4 is 11.3 Å². The van der Waals surface area contributed by atoms with Gasteiger partial charge in [-0.05, 0) is 49.1 Å². The maximum atomic E-state index is 6.88. The van der Waals surface area contributed by atoms with Gasteiger partial charge in [-0.1, -0.05) is 34.1 Å². The van der Waals surface area contributed by atoms with Gasteiger partial charge in [-0.25, -0.2) is 0 Å². The van der Waals surface area contributed by atoms with Crippen LogP contribution in [0.2, 0.25) is 0 Å². The van der Waals surface area contributed by atoms with Crippen LogP contribution in [0, 0.1) is 17.8 Å². The highest BCUT2D eigenvalue weighted by Gasteiger charge is 2.41. The van der Waals surface area contributed by atoms with E-state index in [1.807, 2.05) is 11.3 Å². The predicted molar refractivity (Wildman–Crippen MR) is 85.7 cm³/mol. The molecule has 0 spiro atoms. The molecule has 19 heavy (non-hydrogen) atoms. The standard InChI is InChI=1S/C17H29NS/c1-5-14-7-8-15(19-14)11-17(18)10-13(4)6-9-16(17)12(2)3/h7-8,12-13,16H,5-6,9-11,18H2,1-4H3. The Morgan fingerprint density at radius 3 is 2.58 bits per heavy atom. The van der Waals surface area contributed by atoms with Crippen molar-refractivity contribution < 1.29 is 0 Å². The quantitative estimate of drug-likeness (QED) is 0.853. The van der Waals surface area contributed by atoms with Crippen LogP contribution in [0.25, 0.3) is 0 Å². The lowest BCUT2D eigenvalue weighted by molar-refractivity contribution is 0.110. The molecule has 1 fully saturated rings. The molecule has 1 aliphatic rings. The maximum absolute atomic E-state index is 6.88. The van der Waals surface area contributed by atoms with Crippen molar-refractivity contribution in [2.24, 2.45) is 23.5 Å². The SMILES string of the molecule is CCc1ccc(CC2(N)CC(C)CCC2C(C)C)s1. The summed E-state index contributed by atoms with van der Waals surface area (Å²) in [5.74, 6) is 2.16. The van der Waals surface area contributed by atoms with Gasteiger partial charge in [-0.2, -0.15) is 0 Å². The largest absolute Gasteiger partial charge is 0.325 e. The van der Waals surface area contributed by atoms with E-state index >= 15 is 0 Å². The molecule has 3 unspecified atom stereocenters. The van der Waals surface area contributed by atoms with Gasteiger partial charge in [-0.15, -0.1) is 11.3 Å². The average molecular weight is 279 g/mol. The zero-order valence-electron chi connectivity index (χ0n) is 12.9. The molecule has 0 aliphatic heterocycles. The molecule has 1 aliphatic carbocycles. The molecule has 3 atom stereocenters. The topological polar surface area (TPSA) is 26.0 Å². The van der Waals surface area contributed by atoms with Crippen molar-refractivity contribution in [3.05, 3.63) is 21.9 Å². The van der Waals surface area contributed by atoms with Crippen molar-refractivity contribution in [1.29, 1.82) is 0 Å². The summed E-state index contributed by atoms with van der Waals surface area (Å²) in [5, 5.41) is 0. The second kappa shape index (κ2) is 5.97. The minimum absolute atomic E-state index is 0.0156. The Morgan fingerprint density at radius 2 is 2.00 bits per heavy atom. The van der Waals surface area contributed by atoms with Gasteiger partial charge in [0.25, 0.3) is 0 Å². The fraction of sp³-hybridized carbons (Fsp3) is 0.765. The fourth-order valence-corrected chi connectivity index (χ4v) is 4.98. The van der Waals surface area contributed by atoms with E-state index in [0.29, 0.717) is 11.8 Å². The summed E-state index contributed by atoms with van der Waals surface area (Å²) in [4.78, 5) is 2.97. The lowest BCUT2D eigenvalue weighted by atomic mass is 9.64. The van der Waals surface area contributed by atoms with Gasteiger partial charge in [-0.3, -0.25) is 0 Å². The number of hydrogen-bond donors (Lipinski definition) is 1. The van der Waals surface area contributed by atoms with Gasteiger partial charge in [0, 0.05) is 21.7 Å². The van der Waals surface area contributed by atoms with Crippen molar-refractivity contribution in [2.45, 2.75) is 65.3 Å². The highest BCUT2D eigenvalue weighted by molar-refractivity contribution is 7.12. The average Bonchev–Trinajstić information content (AvgIpc) is 2.75. The normalized spacial score (nSPS) is 31.9. The van der Waals surface area contributed by atoms with Crippen LogP contribution in [0.3, 0.4) is 0 Å². The fourth-order valence-electron chi connectivity index (χ4n) is 3.89. The van der Waals surface area contributed by atoms with Crippen molar-refractivity contribution in [3.63, 3.8) is 0 Å². The molecule has 0 radical (unpaired) electrons. The summed E-state index contributed by atoms with van der Waals surface area (Å²) in [6.07, 6.45) is 6.07. The third-order valence-corrected chi connectivity index (χ3v) is 6.04. The third-order valence-electron chi connectivity index (χ3n) is 4.81. The van der Waals surface area contributed by atoms with Crippen molar-refractivity contribution in [1.82, 2.24) is 0 Å². The van der Waals surface area contributed by atoms with Crippen LogP contribution in [-0.4, -0.2) is 5.54 Å². The molecule has 0 aromatic carbocycles. The Balaban J connectivity index is 2.16. The van der Waals surface area contributed by atoms with E-state index in [9.17, 15) is 0 Å². The summed E-state index contributed by atoms with van der Waals surface area (Å²) in [6.45, 7) is 9.28. The second-order valence-electron chi connectivity index (χ2n) is 6.87. The van der Waals surface area contributed by atoms with Crippen LogP contribution < -0.4 is 5.73 Å². The Morgan fingerprint density at radius 1 is 1.32 bits per heavy atom. The lowest BCUT2D eigenvalue weighted by Crippen LogP contribution is -2.54. The zero-order chi connectivity index (χ0) is 14.0. The molecular formula is C17H29NS. The molecule has 1 heterocycles. The first kappa shape index (κ1) is 15.1. The predicted octanol–water partition coefficient (Wildman–Crippen LogP) is 4.64. The molecular weight excluding hydrogens is 250 g/mol. The van der Waals surface area contributed by atoms with Gasteiger partial charge >= 0.3 is 0 Å². The molecule has 1 saturated carbocycles. The summed E-state index contributed by atoms with van der Waals surface area (Å²) in [7, 11) is 0. The molecule has 0 amide bonds. The minimum Gasteiger partial charge on any atom is -0.325 e. The van der Waals surface area contributed by atoms with Crippen LogP contribution in [0.5, 0.6) is 0 Å². The van der Waals surface area contributed by atoms with Crippen LogP contribution in [0.4, 0.5) is 0 Å². The van der Waals surface area contributed by atoms with E-state index in [0.717, 1.165) is 18.8 Å². The van der Waals surface area contributed by atoms with Gasteiger partial charge in [0.05, 0.1) is 0 Å². The van der Waals surface area contributed by atoms with Gasteiger partial charge < -0.3 is 5.73 Å². The number of rotatable bonds is 4. The molecule has 1 nitrogen and oxygen atoms in total. The van der Waals surface area contributed by atoms with E-state index in [2.05, 4.69) is 39.8 Å². The number of aryl methyl sites for hydroxylation is 1. The van der Waals surface area contributed by atoms with Crippen LogP contribution in [0.15, 0.2) is 12.1 Å². The van der Waals surface area contributed by atoms with E-state index in [-0.39, 0.29) is 5.54 Å². The monoisotopic (exact) mass is 279 g/mol. The molecule has 108 valence electrons.